The number of carbonyl (C=O) groups excluding carboxylic acids is 1. The molecule has 0 saturated carbocycles. The van der Waals surface area contributed by atoms with Gasteiger partial charge in [-0.05, 0) is 18.6 Å². The van der Waals surface area contributed by atoms with E-state index in [1.54, 1.807) is 6.20 Å². The Hall–Kier alpha value is -1.95. The number of ether oxygens (including phenoxy) is 1. The molecule has 0 radical (unpaired) electrons. The molecule has 2 rings (SSSR count). The van der Waals surface area contributed by atoms with Gasteiger partial charge in [-0.3, -0.25) is 4.98 Å². The highest BCUT2D eigenvalue weighted by molar-refractivity contribution is 7.13. The largest absolute Gasteiger partial charge is 0.450 e. The highest BCUT2D eigenvalue weighted by Gasteiger charge is 2.07. The van der Waals surface area contributed by atoms with Gasteiger partial charge in [-0.2, -0.15) is 0 Å². The molecule has 0 aromatic carbocycles. The molecule has 6 heteroatoms. The van der Waals surface area contributed by atoms with Crippen molar-refractivity contribution in [2.45, 2.75) is 26.3 Å². The van der Waals surface area contributed by atoms with Crippen molar-refractivity contribution in [3.05, 3.63) is 35.5 Å². The molecule has 0 fully saturated rings. The fraction of sp³-hybridized carbons (Fsp3) is 0.357. The number of hydrogen-bond acceptors (Lipinski definition) is 5. The maximum Gasteiger partial charge on any atom is 0.407 e. The average molecular weight is 291 g/mol. The van der Waals surface area contributed by atoms with E-state index in [0.29, 0.717) is 13.2 Å². The monoisotopic (exact) mass is 291 g/mol. The van der Waals surface area contributed by atoms with E-state index in [-0.39, 0.29) is 0 Å². The van der Waals surface area contributed by atoms with E-state index in [1.165, 1.54) is 11.3 Å². The SMILES string of the molecule is CCCCOC(=O)NCc1csc(-c2ccccn2)n1. The summed E-state index contributed by atoms with van der Waals surface area (Å²) in [5.41, 5.74) is 1.65. The lowest BCUT2D eigenvalue weighted by Gasteiger charge is -2.04. The van der Waals surface area contributed by atoms with Crippen molar-refractivity contribution in [2.75, 3.05) is 6.61 Å². The maximum absolute atomic E-state index is 11.4. The van der Waals surface area contributed by atoms with E-state index in [2.05, 4.69) is 22.2 Å². The van der Waals surface area contributed by atoms with Gasteiger partial charge >= 0.3 is 6.09 Å². The molecule has 0 saturated heterocycles. The van der Waals surface area contributed by atoms with E-state index < -0.39 is 6.09 Å². The minimum atomic E-state index is -0.397. The van der Waals surface area contributed by atoms with E-state index in [4.69, 9.17) is 4.74 Å². The van der Waals surface area contributed by atoms with E-state index >= 15 is 0 Å². The molecule has 2 aromatic rings. The molecule has 2 heterocycles. The van der Waals surface area contributed by atoms with Gasteiger partial charge in [-0.15, -0.1) is 11.3 Å². The molecular formula is C14H17N3O2S. The first-order valence-corrected chi connectivity index (χ1v) is 7.44. The van der Waals surface area contributed by atoms with Gasteiger partial charge in [-0.25, -0.2) is 9.78 Å². The number of thiazole rings is 1. The Bertz CT molecular complexity index is 542. The highest BCUT2D eigenvalue weighted by Crippen LogP contribution is 2.21. The van der Waals surface area contributed by atoms with Gasteiger partial charge < -0.3 is 10.1 Å². The number of rotatable bonds is 6. The van der Waals surface area contributed by atoms with Gasteiger partial charge in [0, 0.05) is 11.6 Å². The van der Waals surface area contributed by atoms with Gasteiger partial charge in [0.2, 0.25) is 0 Å². The summed E-state index contributed by atoms with van der Waals surface area (Å²) in [7, 11) is 0. The molecule has 0 spiro atoms. The van der Waals surface area contributed by atoms with Crippen LogP contribution in [0.5, 0.6) is 0 Å². The van der Waals surface area contributed by atoms with Gasteiger partial charge in [0.1, 0.15) is 5.01 Å². The molecule has 0 atom stereocenters. The van der Waals surface area contributed by atoms with Crippen LogP contribution in [0.4, 0.5) is 4.79 Å². The van der Waals surface area contributed by atoms with Crippen molar-refractivity contribution in [3.8, 4) is 10.7 Å². The molecule has 0 bridgehead atoms. The van der Waals surface area contributed by atoms with Crippen LogP contribution in [0.3, 0.4) is 0 Å². The summed E-state index contributed by atoms with van der Waals surface area (Å²) in [6.45, 7) is 2.88. The molecule has 1 amide bonds. The summed E-state index contributed by atoms with van der Waals surface area (Å²) in [5, 5.41) is 5.45. The third kappa shape index (κ3) is 4.31. The lowest BCUT2D eigenvalue weighted by Crippen LogP contribution is -2.24. The first-order chi connectivity index (χ1) is 9.79. The number of carbonyl (C=O) groups is 1. The first-order valence-electron chi connectivity index (χ1n) is 6.56. The molecule has 0 aliphatic carbocycles. The number of amides is 1. The average Bonchev–Trinajstić information content (AvgIpc) is 2.95. The molecule has 1 N–H and O–H groups in total. The predicted molar refractivity (Wildman–Crippen MR) is 78.4 cm³/mol. The topological polar surface area (TPSA) is 64.1 Å². The lowest BCUT2D eigenvalue weighted by atomic mass is 10.4. The second-order valence-electron chi connectivity index (χ2n) is 4.20. The van der Waals surface area contributed by atoms with Crippen LogP contribution in [0.2, 0.25) is 0 Å². The summed E-state index contributed by atoms with van der Waals surface area (Å²) >= 11 is 1.51. The van der Waals surface area contributed by atoms with Crippen LogP contribution in [-0.4, -0.2) is 22.7 Å². The fourth-order valence-electron chi connectivity index (χ4n) is 1.52. The summed E-state index contributed by atoms with van der Waals surface area (Å²) in [4.78, 5) is 20.1. The minimum absolute atomic E-state index is 0.369. The summed E-state index contributed by atoms with van der Waals surface area (Å²) in [6, 6.07) is 5.70. The number of nitrogens with zero attached hydrogens (tertiary/aromatic N) is 2. The number of hydrogen-bond donors (Lipinski definition) is 1. The molecular weight excluding hydrogens is 274 g/mol. The van der Waals surface area contributed by atoms with Gasteiger partial charge in [0.25, 0.3) is 0 Å². The molecule has 0 aliphatic rings. The quantitative estimate of drug-likeness (QED) is 0.830. The van der Waals surface area contributed by atoms with Crippen molar-refractivity contribution in [2.24, 2.45) is 0 Å². The molecule has 0 aliphatic heterocycles. The normalized spacial score (nSPS) is 10.2. The zero-order chi connectivity index (χ0) is 14.2. The van der Waals surface area contributed by atoms with Crippen molar-refractivity contribution in [1.82, 2.24) is 15.3 Å². The van der Waals surface area contributed by atoms with Crippen LogP contribution in [-0.2, 0) is 11.3 Å². The second kappa shape index (κ2) is 7.59. The zero-order valence-corrected chi connectivity index (χ0v) is 12.2. The number of alkyl carbamates (subject to hydrolysis) is 1. The van der Waals surface area contributed by atoms with Crippen LogP contribution in [0.25, 0.3) is 10.7 Å². The summed E-state index contributed by atoms with van der Waals surface area (Å²) in [6.07, 6.45) is 3.23. The van der Waals surface area contributed by atoms with Crippen LogP contribution in [0.15, 0.2) is 29.8 Å². The van der Waals surface area contributed by atoms with E-state index in [1.807, 2.05) is 23.6 Å². The van der Waals surface area contributed by atoms with Gasteiger partial charge in [0.05, 0.1) is 24.5 Å². The van der Waals surface area contributed by atoms with Crippen LogP contribution in [0.1, 0.15) is 25.5 Å². The highest BCUT2D eigenvalue weighted by atomic mass is 32.1. The molecule has 2 aromatic heterocycles. The van der Waals surface area contributed by atoms with Crippen LogP contribution < -0.4 is 5.32 Å². The van der Waals surface area contributed by atoms with Crippen molar-refractivity contribution < 1.29 is 9.53 Å². The summed E-state index contributed by atoms with van der Waals surface area (Å²) in [5.74, 6) is 0. The zero-order valence-electron chi connectivity index (χ0n) is 11.3. The number of aromatic nitrogens is 2. The molecule has 0 unspecified atom stereocenters. The van der Waals surface area contributed by atoms with Crippen LogP contribution >= 0.6 is 11.3 Å². The van der Waals surface area contributed by atoms with Crippen LogP contribution in [0, 0.1) is 0 Å². The number of unbranched alkanes of at least 4 members (excludes halogenated alkanes) is 1. The lowest BCUT2D eigenvalue weighted by molar-refractivity contribution is 0.144. The van der Waals surface area contributed by atoms with Gasteiger partial charge in [0.15, 0.2) is 0 Å². The van der Waals surface area contributed by atoms with E-state index in [0.717, 1.165) is 29.2 Å². The summed E-state index contributed by atoms with van der Waals surface area (Å²) < 4.78 is 5.01. The Labute approximate surface area is 122 Å². The van der Waals surface area contributed by atoms with Gasteiger partial charge in [-0.1, -0.05) is 19.4 Å². The van der Waals surface area contributed by atoms with Crippen molar-refractivity contribution >= 4 is 17.4 Å². The first kappa shape index (κ1) is 14.5. The Morgan fingerprint density at radius 2 is 2.35 bits per heavy atom. The Balaban J connectivity index is 1.83. The number of pyridine rings is 1. The van der Waals surface area contributed by atoms with Crippen molar-refractivity contribution in [1.29, 1.82) is 0 Å². The Morgan fingerprint density at radius 3 is 3.10 bits per heavy atom. The fourth-order valence-corrected chi connectivity index (χ4v) is 2.31. The van der Waals surface area contributed by atoms with E-state index in [9.17, 15) is 4.79 Å². The minimum Gasteiger partial charge on any atom is -0.450 e. The number of nitrogens with one attached hydrogen (secondary N) is 1. The molecule has 20 heavy (non-hydrogen) atoms. The molecule has 106 valence electrons. The third-order valence-electron chi connectivity index (χ3n) is 2.58. The maximum atomic E-state index is 11.4. The molecule has 5 nitrogen and oxygen atoms in total. The Kier molecular flexibility index (Phi) is 5.49. The van der Waals surface area contributed by atoms with Crippen molar-refractivity contribution in [3.63, 3.8) is 0 Å². The second-order valence-corrected chi connectivity index (χ2v) is 5.06. The smallest absolute Gasteiger partial charge is 0.407 e. The Morgan fingerprint density at radius 1 is 1.45 bits per heavy atom. The standard InChI is InChI=1S/C14H17N3O2S/c1-2-3-8-19-14(18)16-9-11-10-20-13(17-11)12-6-4-5-7-15-12/h4-7,10H,2-3,8-9H2,1H3,(H,16,18). The predicted octanol–water partition coefficient (Wildman–Crippen LogP) is 3.23. The third-order valence-corrected chi connectivity index (χ3v) is 3.49.